The van der Waals surface area contributed by atoms with E-state index < -0.39 is 34.9 Å². The molecule has 0 amide bonds. The van der Waals surface area contributed by atoms with Crippen LogP contribution in [0.3, 0.4) is 0 Å². The van der Waals surface area contributed by atoms with Crippen LogP contribution in [0, 0.1) is 28.6 Å². The van der Waals surface area contributed by atoms with Gasteiger partial charge in [-0.15, -0.1) is 0 Å². The molecule has 1 aromatic carbocycles. The summed E-state index contributed by atoms with van der Waals surface area (Å²) in [5.41, 5.74) is 6.24. The normalized spacial score (nSPS) is 36.0. The van der Waals surface area contributed by atoms with Gasteiger partial charge in [0.2, 0.25) is 0 Å². The number of aliphatic hydroxyl groups is 2. The minimum Gasteiger partial charge on any atom is -0.461 e. The first-order valence-corrected chi connectivity index (χ1v) is 19.1. The van der Waals surface area contributed by atoms with E-state index in [4.69, 9.17) is 9.47 Å². The Morgan fingerprint density at radius 3 is 2.48 bits per heavy atom. The van der Waals surface area contributed by atoms with Crippen molar-refractivity contribution in [2.45, 2.75) is 136 Å². The molecule has 2 N–H and O–H groups in total. The third-order valence-corrected chi connectivity index (χ3v) is 14.4. The third-order valence-electron chi connectivity index (χ3n) is 14.4. The number of aliphatic hydroxyl groups excluding tert-OH is 2. The summed E-state index contributed by atoms with van der Waals surface area (Å²) in [4.78, 5) is 26.2. The second kappa shape index (κ2) is 11.1. The summed E-state index contributed by atoms with van der Waals surface area (Å²) in [6, 6.07) is 1.73. The lowest BCUT2D eigenvalue weighted by atomic mass is 9.40. The number of esters is 1. The molecule has 7 atom stereocenters. The smallest absolute Gasteiger partial charge is 0.302 e. The van der Waals surface area contributed by atoms with Crippen LogP contribution in [0.5, 0.6) is 0 Å². The highest BCUT2D eigenvalue weighted by Crippen LogP contribution is 2.72. The maximum absolute atomic E-state index is 14.9. The van der Waals surface area contributed by atoms with Gasteiger partial charge in [-0.3, -0.25) is 9.59 Å². The average Bonchev–Trinajstić information content (AvgIpc) is 3.71. The molecule has 0 bridgehead atoms. The second-order valence-corrected chi connectivity index (χ2v) is 18.5. The molecule has 4 aliphatic carbocycles. The molecule has 6 aliphatic rings. The highest BCUT2D eigenvalue weighted by molar-refractivity contribution is 6.19. The highest BCUT2D eigenvalue weighted by atomic mass is 16.5. The van der Waals surface area contributed by atoms with Crippen LogP contribution >= 0.6 is 0 Å². The van der Waals surface area contributed by atoms with Gasteiger partial charge in [-0.1, -0.05) is 51.2 Å². The summed E-state index contributed by atoms with van der Waals surface area (Å²) < 4.78 is 14.0. The van der Waals surface area contributed by atoms with Gasteiger partial charge in [0.1, 0.15) is 12.6 Å². The van der Waals surface area contributed by atoms with Gasteiger partial charge in [-0.25, -0.2) is 0 Å². The van der Waals surface area contributed by atoms with Gasteiger partial charge >= 0.3 is 5.97 Å². The number of carbonyl (C=O) groups excluding carboxylic acids is 2. The predicted octanol–water partition coefficient (Wildman–Crippen LogP) is 8.58. The molecule has 0 spiro atoms. The van der Waals surface area contributed by atoms with E-state index in [0.717, 1.165) is 64.8 Å². The Morgan fingerprint density at radius 1 is 1.10 bits per heavy atom. The summed E-state index contributed by atoms with van der Waals surface area (Å²) in [5.74, 6) is 2.23. The summed E-state index contributed by atoms with van der Waals surface area (Å²) >= 11 is 0. The Bertz CT molecular complexity index is 2060. The lowest BCUT2D eigenvalue weighted by molar-refractivity contribution is -0.139. The first kappa shape index (κ1) is 35.8. The van der Waals surface area contributed by atoms with Gasteiger partial charge in [0, 0.05) is 34.4 Å². The van der Waals surface area contributed by atoms with Crippen LogP contribution in [0.4, 0.5) is 0 Å². The summed E-state index contributed by atoms with van der Waals surface area (Å²) in [6.45, 7) is 25.2. The van der Waals surface area contributed by atoms with Crippen LogP contribution in [0.1, 0.15) is 140 Å². The van der Waals surface area contributed by atoms with Crippen LogP contribution in [-0.2, 0) is 26.1 Å². The van der Waals surface area contributed by atoms with E-state index in [1.165, 1.54) is 24.1 Å². The molecule has 7 heteroatoms. The Hall–Kier alpha value is -3.26. The van der Waals surface area contributed by atoms with E-state index in [0.29, 0.717) is 17.5 Å². The maximum atomic E-state index is 14.9. The number of benzene rings is 1. The molecule has 2 saturated carbocycles. The van der Waals surface area contributed by atoms with Crippen molar-refractivity contribution in [3.05, 3.63) is 87.9 Å². The summed E-state index contributed by atoms with van der Waals surface area (Å²) in [5, 5.41) is 25.0. The first-order chi connectivity index (χ1) is 24.2. The number of carbonyl (C=O) groups is 2. The number of allylic oxidation sites excluding steroid dienone is 3. The molecule has 7 nitrogen and oxygen atoms in total. The standard InChI is InChI=1S/C45H55NO6/c1-23(2)36-39(50)34-33-27(30-21-41(5,6)52-42(7,8)35(30)38(33)49)20-28-29-19-26-14-15-31-43(9,17-12-13-24(3)22-51-25(4)47)32(48)16-18-44(31,10)45(26,11)40(29)46(36)37(28)34/h12-13,17,20-21,31-32,36,38,48-49H,1,14-16,18-19,22H2,2-11H3/b17-12+,24-13+/t31-,32-,36-,38+,43-,44-,45+/m0/s1. The molecular formula is C45H55NO6. The van der Waals surface area contributed by atoms with Gasteiger partial charge < -0.3 is 24.3 Å². The minimum absolute atomic E-state index is 0.0151. The molecular weight excluding hydrogens is 650 g/mol. The van der Waals surface area contributed by atoms with E-state index in [-0.39, 0.29) is 35.1 Å². The van der Waals surface area contributed by atoms with Crippen LogP contribution in [0.2, 0.25) is 0 Å². The Balaban J connectivity index is 1.31. The number of rotatable bonds is 5. The maximum Gasteiger partial charge on any atom is 0.302 e. The number of hydrogen-bond acceptors (Lipinski definition) is 6. The number of ketones is 1. The lowest BCUT2D eigenvalue weighted by Gasteiger charge is -2.64. The third kappa shape index (κ3) is 4.48. The first-order valence-electron chi connectivity index (χ1n) is 19.1. The van der Waals surface area contributed by atoms with Crippen LogP contribution in [0.15, 0.2) is 48.1 Å². The molecule has 8 rings (SSSR count). The number of Topliss-reactive ketones (excluding diaryl/α,β-unsaturated/α-hetero) is 1. The zero-order chi connectivity index (χ0) is 37.7. The Morgan fingerprint density at radius 2 is 1.81 bits per heavy atom. The number of ether oxygens (including phenoxy) is 2. The van der Waals surface area contributed by atoms with Crippen molar-refractivity contribution >= 4 is 28.2 Å². The van der Waals surface area contributed by atoms with Crippen LogP contribution < -0.4 is 0 Å². The fourth-order valence-electron chi connectivity index (χ4n) is 12.2. The summed E-state index contributed by atoms with van der Waals surface area (Å²) in [6.07, 6.45) is 11.2. The highest BCUT2D eigenvalue weighted by Gasteiger charge is 2.68. The number of fused-ring (bicyclic) bond motifs is 11. The molecule has 0 saturated heterocycles. The van der Waals surface area contributed by atoms with Crippen molar-refractivity contribution < 1.29 is 29.3 Å². The number of hydrogen-bond donors (Lipinski definition) is 2. The average molecular weight is 706 g/mol. The molecule has 276 valence electrons. The van der Waals surface area contributed by atoms with Crippen molar-refractivity contribution in [3.8, 4) is 0 Å². The largest absolute Gasteiger partial charge is 0.461 e. The quantitative estimate of drug-likeness (QED) is 0.184. The van der Waals surface area contributed by atoms with Crippen molar-refractivity contribution in [2.24, 2.45) is 16.7 Å². The lowest BCUT2D eigenvalue weighted by Crippen LogP contribution is -2.61. The monoisotopic (exact) mass is 705 g/mol. The molecule has 2 aromatic rings. The summed E-state index contributed by atoms with van der Waals surface area (Å²) in [7, 11) is 0. The zero-order valence-corrected chi connectivity index (χ0v) is 32.6. The van der Waals surface area contributed by atoms with Gasteiger partial charge in [-0.2, -0.15) is 0 Å². The second-order valence-electron chi connectivity index (χ2n) is 18.5. The predicted molar refractivity (Wildman–Crippen MR) is 204 cm³/mol. The molecule has 1 aromatic heterocycles. The minimum atomic E-state index is -0.939. The van der Waals surface area contributed by atoms with Gasteiger partial charge in [0.15, 0.2) is 5.78 Å². The zero-order valence-electron chi connectivity index (χ0n) is 32.6. The Labute approximate surface area is 308 Å². The van der Waals surface area contributed by atoms with E-state index in [2.05, 4.69) is 64.0 Å². The van der Waals surface area contributed by atoms with Gasteiger partial charge in [0.05, 0.1) is 40.4 Å². The van der Waals surface area contributed by atoms with E-state index in [1.807, 2.05) is 39.8 Å². The topological polar surface area (TPSA) is 98.0 Å². The molecule has 3 heterocycles. The molecule has 2 aliphatic heterocycles. The fourth-order valence-corrected chi connectivity index (χ4v) is 12.2. The van der Waals surface area contributed by atoms with Gasteiger partial charge in [0.25, 0.3) is 0 Å². The molecule has 2 fully saturated rings. The van der Waals surface area contributed by atoms with E-state index in [9.17, 15) is 19.8 Å². The van der Waals surface area contributed by atoms with Crippen molar-refractivity contribution in [2.75, 3.05) is 6.61 Å². The van der Waals surface area contributed by atoms with Crippen LogP contribution in [0.25, 0.3) is 16.5 Å². The van der Waals surface area contributed by atoms with Crippen molar-refractivity contribution in [1.29, 1.82) is 0 Å². The molecule has 52 heavy (non-hydrogen) atoms. The molecule has 2 radical (unpaired) electrons. The number of nitrogens with zero attached hydrogens (tertiary/aromatic N) is 1. The van der Waals surface area contributed by atoms with Crippen molar-refractivity contribution in [3.63, 3.8) is 0 Å². The van der Waals surface area contributed by atoms with E-state index in [1.54, 1.807) is 0 Å². The fraction of sp³-hybridized carbons (Fsp3) is 0.556. The SMILES string of the molecule is C=C(C)[C@H]1C(=O)c2c3c(cc4c5c(n1c24)[C@@]1(C)[C](CC[C@H]2[C@](C)(/C=C/C=C(\C)COC(C)=O)[C@@H](O)CC[C@@]21C)C5)C1=CC(C)(C)OC(C)(C)[C]1[C@@H]3O. The Kier molecular flexibility index (Phi) is 7.66. The van der Waals surface area contributed by atoms with Crippen molar-refractivity contribution in [1.82, 2.24) is 4.57 Å². The van der Waals surface area contributed by atoms with E-state index >= 15 is 0 Å². The van der Waals surface area contributed by atoms with Gasteiger partial charge in [-0.05, 0) is 125 Å². The van der Waals surface area contributed by atoms with Crippen LogP contribution in [-0.4, -0.2) is 50.4 Å². The molecule has 0 unspecified atom stereocenters. The number of aromatic nitrogens is 1.